The number of thiazole rings is 1. The minimum atomic E-state index is 0.298. The van der Waals surface area contributed by atoms with Crippen LogP contribution >= 0.6 is 22.9 Å². The highest BCUT2D eigenvalue weighted by Gasteiger charge is 2.01. The van der Waals surface area contributed by atoms with Crippen molar-refractivity contribution in [3.63, 3.8) is 0 Å². The summed E-state index contributed by atoms with van der Waals surface area (Å²) in [7, 11) is 0. The number of hydrogen-bond acceptors (Lipinski definition) is 4. The van der Waals surface area contributed by atoms with Crippen molar-refractivity contribution in [2.45, 2.75) is 13.5 Å². The summed E-state index contributed by atoms with van der Waals surface area (Å²) in [6, 6.07) is 5.51. The lowest BCUT2D eigenvalue weighted by atomic mass is 10.2. The number of nitrogens with zero attached hydrogens (tertiary/aromatic N) is 1. The van der Waals surface area contributed by atoms with Crippen LogP contribution in [-0.4, -0.2) is 10.1 Å². The van der Waals surface area contributed by atoms with Gasteiger partial charge < -0.3 is 10.4 Å². The van der Waals surface area contributed by atoms with Gasteiger partial charge in [-0.15, -0.1) is 11.3 Å². The van der Waals surface area contributed by atoms with Crippen LogP contribution in [0.3, 0.4) is 0 Å². The molecule has 1 aromatic heterocycles. The summed E-state index contributed by atoms with van der Waals surface area (Å²) < 4.78 is 0.545. The maximum Gasteiger partial charge on any atom is 0.183 e. The molecule has 3 nitrogen and oxygen atoms in total. The molecule has 1 heterocycles. The van der Waals surface area contributed by atoms with Crippen LogP contribution in [0.15, 0.2) is 24.4 Å². The number of rotatable bonds is 3. The Morgan fingerprint density at radius 2 is 2.31 bits per heavy atom. The highest BCUT2D eigenvalue weighted by molar-refractivity contribution is 7.15. The van der Waals surface area contributed by atoms with Gasteiger partial charge in [0.25, 0.3) is 0 Å². The van der Waals surface area contributed by atoms with Crippen LogP contribution in [0.5, 0.6) is 5.75 Å². The molecule has 0 unspecified atom stereocenters. The molecule has 0 spiro atoms. The molecule has 84 valence electrons. The van der Waals surface area contributed by atoms with Crippen LogP contribution in [0.2, 0.25) is 4.47 Å². The summed E-state index contributed by atoms with van der Waals surface area (Å²) >= 11 is 7.17. The minimum absolute atomic E-state index is 0.298. The molecule has 0 atom stereocenters. The monoisotopic (exact) mass is 254 g/mol. The molecule has 0 aliphatic heterocycles. The lowest BCUT2D eigenvalue weighted by Gasteiger charge is -2.06. The molecule has 2 rings (SSSR count). The van der Waals surface area contributed by atoms with E-state index < -0.39 is 0 Å². The quantitative estimate of drug-likeness (QED) is 0.882. The van der Waals surface area contributed by atoms with Crippen molar-refractivity contribution in [3.8, 4) is 5.75 Å². The van der Waals surface area contributed by atoms with Gasteiger partial charge in [-0.2, -0.15) is 0 Å². The van der Waals surface area contributed by atoms with Crippen LogP contribution < -0.4 is 5.32 Å². The summed E-state index contributed by atoms with van der Waals surface area (Å²) in [6.07, 6.45) is 1.74. The van der Waals surface area contributed by atoms with E-state index in [9.17, 15) is 5.11 Å². The Labute approximate surface area is 103 Å². The number of benzene rings is 1. The second-order valence-electron chi connectivity index (χ2n) is 3.43. The Hall–Kier alpha value is -1.26. The highest BCUT2D eigenvalue weighted by Crippen LogP contribution is 2.23. The van der Waals surface area contributed by atoms with Crippen molar-refractivity contribution < 1.29 is 5.11 Å². The van der Waals surface area contributed by atoms with Gasteiger partial charge in [-0.25, -0.2) is 4.98 Å². The molecule has 16 heavy (non-hydrogen) atoms. The van der Waals surface area contributed by atoms with E-state index >= 15 is 0 Å². The van der Waals surface area contributed by atoms with Gasteiger partial charge in [-0.05, 0) is 18.6 Å². The van der Waals surface area contributed by atoms with Gasteiger partial charge in [0, 0.05) is 22.8 Å². The van der Waals surface area contributed by atoms with E-state index in [1.54, 1.807) is 12.3 Å². The van der Waals surface area contributed by atoms with Crippen molar-refractivity contribution in [1.29, 1.82) is 0 Å². The van der Waals surface area contributed by atoms with E-state index in [0.29, 0.717) is 16.8 Å². The standard InChI is InChI=1S/C11H11ClN2OS/c1-7-2-3-8(4-10(7)15)13-5-9-6-14-11(12)16-9/h2-4,6,13,15H,5H2,1H3. The van der Waals surface area contributed by atoms with Gasteiger partial charge in [-0.3, -0.25) is 0 Å². The maximum atomic E-state index is 9.53. The summed E-state index contributed by atoms with van der Waals surface area (Å²) in [5.74, 6) is 0.298. The molecular weight excluding hydrogens is 244 g/mol. The van der Waals surface area contributed by atoms with E-state index in [0.717, 1.165) is 16.1 Å². The Kier molecular flexibility index (Phi) is 3.31. The van der Waals surface area contributed by atoms with Crippen LogP contribution in [-0.2, 0) is 6.54 Å². The highest BCUT2D eigenvalue weighted by atomic mass is 35.5. The first-order chi connectivity index (χ1) is 7.65. The number of aryl methyl sites for hydroxylation is 1. The zero-order valence-corrected chi connectivity index (χ0v) is 10.3. The second-order valence-corrected chi connectivity index (χ2v) is 5.13. The van der Waals surface area contributed by atoms with E-state index in [2.05, 4.69) is 10.3 Å². The Balaban J connectivity index is 2.02. The zero-order chi connectivity index (χ0) is 11.5. The second kappa shape index (κ2) is 4.72. The molecule has 0 radical (unpaired) electrons. The Morgan fingerprint density at radius 3 is 2.94 bits per heavy atom. The predicted molar refractivity (Wildman–Crippen MR) is 67.3 cm³/mol. The number of aromatic hydroxyl groups is 1. The molecule has 0 aliphatic carbocycles. The lowest BCUT2D eigenvalue weighted by molar-refractivity contribution is 0.471. The molecular formula is C11H11ClN2OS. The van der Waals surface area contributed by atoms with Gasteiger partial charge in [0.2, 0.25) is 0 Å². The van der Waals surface area contributed by atoms with Gasteiger partial charge >= 0.3 is 0 Å². The lowest BCUT2D eigenvalue weighted by Crippen LogP contribution is -1.97. The topological polar surface area (TPSA) is 45.2 Å². The third-order valence-corrected chi connectivity index (χ3v) is 3.32. The normalized spacial score (nSPS) is 10.4. The molecule has 0 saturated carbocycles. The number of anilines is 1. The first kappa shape index (κ1) is 11.2. The Bertz CT molecular complexity index is 498. The van der Waals surface area contributed by atoms with Crippen molar-refractivity contribution in [1.82, 2.24) is 4.98 Å². The minimum Gasteiger partial charge on any atom is -0.508 e. The predicted octanol–water partition coefficient (Wildman–Crippen LogP) is 3.42. The largest absolute Gasteiger partial charge is 0.508 e. The van der Waals surface area contributed by atoms with Gasteiger partial charge in [0.1, 0.15) is 5.75 Å². The third kappa shape index (κ3) is 2.65. The van der Waals surface area contributed by atoms with E-state index in [-0.39, 0.29) is 0 Å². The Morgan fingerprint density at radius 1 is 1.50 bits per heavy atom. The fraction of sp³-hybridized carbons (Fsp3) is 0.182. The number of halogens is 1. The van der Waals surface area contributed by atoms with Crippen molar-refractivity contribution >= 4 is 28.6 Å². The first-order valence-electron chi connectivity index (χ1n) is 4.79. The number of phenolic OH excluding ortho intramolecular Hbond substituents is 1. The average Bonchev–Trinajstić information content (AvgIpc) is 2.66. The van der Waals surface area contributed by atoms with Crippen LogP contribution in [0.4, 0.5) is 5.69 Å². The van der Waals surface area contributed by atoms with Gasteiger partial charge in [0.05, 0.1) is 6.54 Å². The van der Waals surface area contributed by atoms with Crippen molar-refractivity contribution in [2.24, 2.45) is 0 Å². The first-order valence-corrected chi connectivity index (χ1v) is 5.98. The van der Waals surface area contributed by atoms with Crippen LogP contribution in [0.1, 0.15) is 10.4 Å². The summed E-state index contributed by atoms with van der Waals surface area (Å²) in [5.41, 5.74) is 1.75. The third-order valence-electron chi connectivity index (χ3n) is 2.20. The molecule has 0 amide bonds. The SMILES string of the molecule is Cc1ccc(NCc2cnc(Cl)s2)cc1O. The van der Waals surface area contributed by atoms with Gasteiger partial charge in [-0.1, -0.05) is 17.7 Å². The molecule has 1 aromatic carbocycles. The molecule has 0 aliphatic rings. The molecule has 0 fully saturated rings. The average molecular weight is 255 g/mol. The van der Waals surface area contributed by atoms with Crippen LogP contribution in [0.25, 0.3) is 0 Å². The number of aromatic nitrogens is 1. The molecule has 0 bridgehead atoms. The summed E-state index contributed by atoms with van der Waals surface area (Å²) in [6.45, 7) is 2.52. The number of phenols is 1. The molecule has 2 N–H and O–H groups in total. The van der Waals surface area contributed by atoms with Crippen molar-refractivity contribution in [2.75, 3.05) is 5.32 Å². The van der Waals surface area contributed by atoms with E-state index in [1.165, 1.54) is 11.3 Å². The van der Waals surface area contributed by atoms with Crippen molar-refractivity contribution in [3.05, 3.63) is 39.3 Å². The number of nitrogens with one attached hydrogen (secondary N) is 1. The summed E-state index contributed by atoms with van der Waals surface area (Å²) in [4.78, 5) is 5.02. The molecule has 2 aromatic rings. The smallest absolute Gasteiger partial charge is 0.183 e. The van der Waals surface area contributed by atoms with E-state index in [1.807, 2.05) is 19.1 Å². The zero-order valence-electron chi connectivity index (χ0n) is 8.70. The number of hydrogen-bond donors (Lipinski definition) is 2. The van der Waals surface area contributed by atoms with Gasteiger partial charge in [0.15, 0.2) is 4.47 Å². The fourth-order valence-electron chi connectivity index (χ4n) is 1.27. The van der Waals surface area contributed by atoms with E-state index in [4.69, 9.17) is 11.6 Å². The molecule has 5 heteroatoms. The summed E-state index contributed by atoms with van der Waals surface area (Å²) in [5, 5.41) is 12.7. The fourth-order valence-corrected chi connectivity index (χ4v) is 2.19. The maximum absolute atomic E-state index is 9.53. The van der Waals surface area contributed by atoms with Crippen LogP contribution in [0, 0.1) is 6.92 Å². The molecule has 0 saturated heterocycles.